The molecule has 21 heavy (non-hydrogen) atoms. The number of nitrogens with zero attached hydrogens (tertiary/aromatic N) is 4. The summed E-state index contributed by atoms with van der Waals surface area (Å²) >= 11 is 5.34. The minimum absolute atomic E-state index is 0.242. The van der Waals surface area contributed by atoms with Crippen LogP contribution in [0.5, 0.6) is 0 Å². The summed E-state index contributed by atoms with van der Waals surface area (Å²) in [5.41, 5.74) is 0.439. The van der Waals surface area contributed by atoms with E-state index in [9.17, 15) is 8.78 Å². The van der Waals surface area contributed by atoms with Crippen LogP contribution in [0.1, 0.15) is 25.5 Å². The number of hydrogen-bond donors (Lipinski definition) is 0. The molecule has 0 amide bonds. The van der Waals surface area contributed by atoms with Gasteiger partial charge in [-0.3, -0.25) is 4.90 Å². The summed E-state index contributed by atoms with van der Waals surface area (Å²) in [6.45, 7) is 4.84. The second-order valence-electron chi connectivity index (χ2n) is 5.31. The highest BCUT2D eigenvalue weighted by Crippen LogP contribution is 2.12. The summed E-state index contributed by atoms with van der Waals surface area (Å²) < 4.78 is 30.7. The molecule has 0 saturated heterocycles. The van der Waals surface area contributed by atoms with E-state index in [2.05, 4.69) is 5.10 Å². The summed E-state index contributed by atoms with van der Waals surface area (Å²) in [5.74, 6) is -1.12. The Morgan fingerprint density at radius 2 is 2.05 bits per heavy atom. The molecule has 1 aromatic heterocycles. The van der Waals surface area contributed by atoms with Crippen LogP contribution in [0.25, 0.3) is 0 Å². The second kappa shape index (κ2) is 6.44. The van der Waals surface area contributed by atoms with Crippen molar-refractivity contribution < 1.29 is 8.78 Å². The average Bonchev–Trinajstić information content (AvgIpc) is 2.74. The lowest BCUT2D eigenvalue weighted by atomic mass is 10.2. The lowest BCUT2D eigenvalue weighted by molar-refractivity contribution is 0.240. The van der Waals surface area contributed by atoms with Crippen LogP contribution >= 0.6 is 12.2 Å². The molecule has 0 radical (unpaired) electrons. The van der Waals surface area contributed by atoms with Gasteiger partial charge in [-0.15, -0.1) is 0 Å². The van der Waals surface area contributed by atoms with Crippen LogP contribution in [0.4, 0.5) is 8.78 Å². The lowest BCUT2D eigenvalue weighted by Gasteiger charge is -2.17. The first-order valence-electron chi connectivity index (χ1n) is 6.65. The Morgan fingerprint density at radius 1 is 1.33 bits per heavy atom. The van der Waals surface area contributed by atoms with E-state index in [1.54, 1.807) is 11.0 Å². The van der Waals surface area contributed by atoms with Gasteiger partial charge >= 0.3 is 0 Å². The maximum absolute atomic E-state index is 13.6. The summed E-state index contributed by atoms with van der Waals surface area (Å²) in [6, 6.07) is 3.84. The Hall–Kier alpha value is -1.60. The average molecular weight is 312 g/mol. The van der Waals surface area contributed by atoms with Crippen LogP contribution in [0, 0.1) is 16.4 Å². The van der Waals surface area contributed by atoms with Gasteiger partial charge < -0.3 is 4.57 Å². The predicted octanol–water partition coefficient (Wildman–Crippen LogP) is 3.36. The zero-order chi connectivity index (χ0) is 15.6. The maximum atomic E-state index is 13.6. The van der Waals surface area contributed by atoms with E-state index in [0.717, 1.165) is 6.07 Å². The zero-order valence-electron chi connectivity index (χ0n) is 12.3. The van der Waals surface area contributed by atoms with Gasteiger partial charge in [-0.05, 0) is 39.2 Å². The molecule has 0 aliphatic carbocycles. The molecule has 0 bridgehead atoms. The number of hydrogen-bond acceptors (Lipinski definition) is 3. The van der Waals surface area contributed by atoms with Gasteiger partial charge in [-0.25, -0.2) is 13.5 Å². The quantitative estimate of drug-likeness (QED) is 0.792. The van der Waals surface area contributed by atoms with Crippen molar-refractivity contribution in [3.8, 4) is 0 Å². The maximum Gasteiger partial charge on any atom is 0.199 e. The van der Waals surface area contributed by atoms with E-state index >= 15 is 0 Å². The van der Waals surface area contributed by atoms with Crippen molar-refractivity contribution in [2.75, 3.05) is 7.05 Å². The Bertz CT molecular complexity index is 678. The fourth-order valence-electron chi connectivity index (χ4n) is 2.02. The highest BCUT2D eigenvalue weighted by molar-refractivity contribution is 7.71. The van der Waals surface area contributed by atoms with Crippen LogP contribution in [-0.4, -0.2) is 26.3 Å². The SMILES string of the molecule is CC(C)n1cnn(CN(C)Cc2ccc(F)cc2F)c1=S. The molecular formula is C14H18F2N4S. The van der Waals surface area contributed by atoms with Crippen molar-refractivity contribution in [1.29, 1.82) is 0 Å². The molecule has 1 aromatic carbocycles. The Labute approximate surface area is 127 Å². The van der Waals surface area contributed by atoms with Gasteiger partial charge in [-0.1, -0.05) is 6.07 Å². The highest BCUT2D eigenvalue weighted by Gasteiger charge is 2.10. The molecule has 0 unspecified atom stereocenters. The first-order valence-corrected chi connectivity index (χ1v) is 7.05. The van der Waals surface area contributed by atoms with E-state index in [0.29, 0.717) is 23.5 Å². The van der Waals surface area contributed by atoms with E-state index in [1.165, 1.54) is 12.1 Å². The fraction of sp³-hybridized carbons (Fsp3) is 0.429. The topological polar surface area (TPSA) is 26.0 Å². The molecule has 2 rings (SSSR count). The van der Waals surface area contributed by atoms with Gasteiger partial charge in [0.15, 0.2) is 4.77 Å². The Morgan fingerprint density at radius 3 is 2.62 bits per heavy atom. The lowest BCUT2D eigenvalue weighted by Crippen LogP contribution is -2.23. The normalized spacial score (nSPS) is 11.6. The van der Waals surface area contributed by atoms with E-state index in [1.807, 2.05) is 30.4 Å². The third-order valence-corrected chi connectivity index (χ3v) is 3.57. The van der Waals surface area contributed by atoms with Gasteiger partial charge in [0.1, 0.15) is 18.0 Å². The summed E-state index contributed by atoms with van der Waals surface area (Å²) in [7, 11) is 1.83. The largest absolute Gasteiger partial charge is 0.304 e. The minimum atomic E-state index is -0.572. The van der Waals surface area contributed by atoms with E-state index in [-0.39, 0.29) is 6.04 Å². The van der Waals surface area contributed by atoms with Crippen LogP contribution < -0.4 is 0 Å². The molecular weight excluding hydrogens is 294 g/mol. The zero-order valence-corrected chi connectivity index (χ0v) is 13.1. The first-order chi connectivity index (χ1) is 9.88. The molecule has 7 heteroatoms. The monoisotopic (exact) mass is 312 g/mol. The molecule has 0 N–H and O–H groups in total. The molecule has 0 saturated carbocycles. The van der Waals surface area contributed by atoms with Crippen LogP contribution in [0.2, 0.25) is 0 Å². The molecule has 0 atom stereocenters. The summed E-state index contributed by atoms with van der Waals surface area (Å²) in [4.78, 5) is 1.86. The van der Waals surface area contributed by atoms with Crippen molar-refractivity contribution in [3.63, 3.8) is 0 Å². The van der Waals surface area contributed by atoms with Crippen molar-refractivity contribution in [2.45, 2.75) is 33.1 Å². The van der Waals surface area contributed by atoms with Gasteiger partial charge in [0.2, 0.25) is 0 Å². The first kappa shape index (κ1) is 15.8. The molecule has 0 fully saturated rings. The van der Waals surface area contributed by atoms with Gasteiger partial charge in [0.25, 0.3) is 0 Å². The van der Waals surface area contributed by atoms with E-state index in [4.69, 9.17) is 12.2 Å². The highest BCUT2D eigenvalue weighted by atomic mass is 32.1. The molecule has 4 nitrogen and oxygen atoms in total. The van der Waals surface area contributed by atoms with E-state index < -0.39 is 11.6 Å². The smallest absolute Gasteiger partial charge is 0.199 e. The summed E-state index contributed by atoms with van der Waals surface area (Å²) in [6.07, 6.45) is 1.69. The Kier molecular flexibility index (Phi) is 4.84. The molecule has 0 aliphatic heterocycles. The van der Waals surface area contributed by atoms with Crippen LogP contribution in [0.15, 0.2) is 24.5 Å². The third kappa shape index (κ3) is 3.74. The number of halogens is 2. The molecule has 0 spiro atoms. The molecule has 2 aromatic rings. The van der Waals surface area contributed by atoms with Gasteiger partial charge in [0.05, 0.1) is 6.67 Å². The van der Waals surface area contributed by atoms with Gasteiger partial charge in [-0.2, -0.15) is 5.10 Å². The molecule has 1 heterocycles. The molecule has 114 valence electrons. The second-order valence-corrected chi connectivity index (χ2v) is 5.67. The molecule has 0 aliphatic rings. The van der Waals surface area contributed by atoms with Crippen LogP contribution in [-0.2, 0) is 13.2 Å². The Balaban J connectivity index is 2.08. The van der Waals surface area contributed by atoms with Crippen LogP contribution in [0.3, 0.4) is 0 Å². The fourth-order valence-corrected chi connectivity index (χ4v) is 2.38. The third-order valence-electron chi connectivity index (χ3n) is 3.14. The minimum Gasteiger partial charge on any atom is -0.304 e. The van der Waals surface area contributed by atoms with Crippen molar-refractivity contribution in [2.24, 2.45) is 0 Å². The van der Waals surface area contributed by atoms with Crippen molar-refractivity contribution >= 4 is 12.2 Å². The standard InChI is InChI=1S/C14H18F2N4S/c1-10(2)19-8-17-20(14(19)21)9-18(3)7-11-4-5-12(15)6-13(11)16/h4-6,8,10H,7,9H2,1-3H3. The number of aromatic nitrogens is 3. The summed E-state index contributed by atoms with van der Waals surface area (Å²) in [5, 5.41) is 4.24. The van der Waals surface area contributed by atoms with Crippen molar-refractivity contribution in [1.82, 2.24) is 19.2 Å². The predicted molar refractivity (Wildman–Crippen MR) is 79.3 cm³/mol. The number of rotatable bonds is 5. The van der Waals surface area contributed by atoms with Gasteiger partial charge in [0, 0.05) is 24.2 Å². The number of benzene rings is 1. The van der Waals surface area contributed by atoms with Crippen molar-refractivity contribution in [3.05, 3.63) is 46.5 Å².